The van der Waals surface area contributed by atoms with Gasteiger partial charge in [0.15, 0.2) is 0 Å². The van der Waals surface area contributed by atoms with Crippen molar-refractivity contribution in [2.45, 2.75) is 51.9 Å². The van der Waals surface area contributed by atoms with Crippen molar-refractivity contribution in [1.82, 2.24) is 5.32 Å². The Morgan fingerprint density at radius 1 is 1.28 bits per heavy atom. The number of carbonyl (C=O) groups excluding carboxylic acids is 1. The van der Waals surface area contributed by atoms with Gasteiger partial charge in [-0.25, -0.2) is 0 Å². The average Bonchev–Trinajstić information content (AvgIpc) is 3.02. The molecule has 3 fully saturated rings. The van der Waals surface area contributed by atoms with Gasteiger partial charge in [0.05, 0.1) is 6.61 Å². The molecule has 3 aliphatic carbocycles. The molecule has 3 heteroatoms. The van der Waals surface area contributed by atoms with Crippen LogP contribution < -0.4 is 5.32 Å². The normalized spacial score (nSPS) is 30.4. The number of hydrogen-bond donors (Lipinski definition) is 1. The number of carbonyl (C=O) groups is 1. The highest BCUT2D eigenvalue weighted by Gasteiger charge is 2.60. The van der Waals surface area contributed by atoms with E-state index in [0.29, 0.717) is 17.2 Å². The molecule has 0 bridgehead atoms. The summed E-state index contributed by atoms with van der Waals surface area (Å²) in [6.45, 7) is 4.47. The van der Waals surface area contributed by atoms with Crippen LogP contribution in [0.1, 0.15) is 51.9 Å². The zero-order chi connectivity index (χ0) is 12.6. The first-order valence-electron chi connectivity index (χ1n) is 7.55. The van der Waals surface area contributed by atoms with Gasteiger partial charge in [-0.05, 0) is 44.4 Å². The molecule has 1 unspecified atom stereocenters. The van der Waals surface area contributed by atoms with Crippen LogP contribution in [0.5, 0.6) is 0 Å². The predicted molar refractivity (Wildman–Crippen MR) is 70.2 cm³/mol. The molecule has 3 nitrogen and oxygen atoms in total. The molecule has 1 N–H and O–H groups in total. The maximum absolute atomic E-state index is 12.1. The predicted octanol–water partition coefficient (Wildman–Crippen LogP) is 2.50. The third-order valence-electron chi connectivity index (χ3n) is 5.52. The average molecular weight is 251 g/mol. The summed E-state index contributed by atoms with van der Waals surface area (Å²) in [6.07, 6.45) is 8.77. The van der Waals surface area contributed by atoms with E-state index in [-0.39, 0.29) is 5.41 Å². The van der Waals surface area contributed by atoms with Crippen LogP contribution in [0.2, 0.25) is 0 Å². The summed E-state index contributed by atoms with van der Waals surface area (Å²) in [5.74, 6) is 0.660. The van der Waals surface area contributed by atoms with Gasteiger partial charge in [0, 0.05) is 24.5 Å². The van der Waals surface area contributed by atoms with Crippen molar-refractivity contribution in [3.63, 3.8) is 0 Å². The number of amides is 1. The number of ether oxygens (including phenoxy) is 1. The zero-order valence-electron chi connectivity index (χ0n) is 11.5. The molecule has 3 saturated carbocycles. The van der Waals surface area contributed by atoms with Gasteiger partial charge in [0.1, 0.15) is 0 Å². The topological polar surface area (TPSA) is 38.3 Å². The zero-order valence-corrected chi connectivity index (χ0v) is 11.5. The Morgan fingerprint density at radius 3 is 2.44 bits per heavy atom. The Balaban J connectivity index is 1.44. The molecule has 1 amide bonds. The maximum Gasteiger partial charge on any atom is 0.223 e. The summed E-state index contributed by atoms with van der Waals surface area (Å²) in [5.41, 5.74) is 0.712. The molecule has 3 rings (SSSR count). The van der Waals surface area contributed by atoms with E-state index in [1.165, 1.54) is 38.5 Å². The minimum atomic E-state index is 0.257. The Hall–Kier alpha value is -0.570. The van der Waals surface area contributed by atoms with Crippen LogP contribution in [0, 0.1) is 16.7 Å². The van der Waals surface area contributed by atoms with Gasteiger partial charge in [-0.3, -0.25) is 4.79 Å². The quantitative estimate of drug-likeness (QED) is 0.787. The van der Waals surface area contributed by atoms with E-state index in [9.17, 15) is 4.79 Å². The lowest BCUT2D eigenvalue weighted by Crippen LogP contribution is -2.46. The summed E-state index contributed by atoms with van der Waals surface area (Å²) in [4.78, 5) is 12.1. The molecular formula is C15H25NO2. The summed E-state index contributed by atoms with van der Waals surface area (Å²) in [7, 11) is 0. The highest BCUT2D eigenvalue weighted by Crippen LogP contribution is 2.65. The van der Waals surface area contributed by atoms with Crippen molar-refractivity contribution in [2.75, 3.05) is 19.8 Å². The summed E-state index contributed by atoms with van der Waals surface area (Å²) < 4.78 is 5.57. The maximum atomic E-state index is 12.1. The number of hydrogen-bond acceptors (Lipinski definition) is 2. The molecule has 0 heterocycles. The fourth-order valence-electron chi connectivity index (χ4n) is 3.67. The molecule has 0 saturated heterocycles. The standard InChI is InChI=1S/C15H25NO2/c1-2-18-11-14(5-3-6-14)10-16-13(17)12-9-15(12)7-4-8-15/h12H,2-11H2,1H3,(H,16,17). The Morgan fingerprint density at radius 2 is 2.00 bits per heavy atom. The summed E-state index contributed by atoms with van der Waals surface area (Å²) >= 11 is 0. The lowest BCUT2D eigenvalue weighted by atomic mass is 9.69. The van der Waals surface area contributed by atoms with E-state index in [0.717, 1.165) is 26.2 Å². The van der Waals surface area contributed by atoms with Crippen molar-refractivity contribution in [3.8, 4) is 0 Å². The Bertz CT molecular complexity index is 331. The van der Waals surface area contributed by atoms with Gasteiger partial charge in [-0.2, -0.15) is 0 Å². The van der Waals surface area contributed by atoms with Crippen molar-refractivity contribution in [2.24, 2.45) is 16.7 Å². The van der Waals surface area contributed by atoms with Crippen molar-refractivity contribution in [1.29, 1.82) is 0 Å². The third-order valence-corrected chi connectivity index (χ3v) is 5.52. The molecule has 1 spiro atoms. The number of rotatable bonds is 6. The van der Waals surface area contributed by atoms with Crippen molar-refractivity contribution >= 4 is 5.91 Å². The SMILES string of the molecule is CCOCC1(CNC(=O)C2CC23CCC3)CCC1. The Labute approximate surface area is 110 Å². The second kappa shape index (κ2) is 4.52. The molecular weight excluding hydrogens is 226 g/mol. The first kappa shape index (κ1) is 12.5. The monoisotopic (exact) mass is 251 g/mol. The largest absolute Gasteiger partial charge is 0.381 e. The van der Waals surface area contributed by atoms with E-state index in [1.807, 2.05) is 6.92 Å². The molecule has 102 valence electrons. The van der Waals surface area contributed by atoms with Gasteiger partial charge >= 0.3 is 0 Å². The summed E-state index contributed by atoms with van der Waals surface area (Å²) in [6, 6.07) is 0. The van der Waals surface area contributed by atoms with E-state index in [4.69, 9.17) is 4.74 Å². The molecule has 1 atom stereocenters. The molecule has 0 aliphatic heterocycles. The van der Waals surface area contributed by atoms with Gasteiger partial charge in [0.2, 0.25) is 5.91 Å². The first-order valence-corrected chi connectivity index (χ1v) is 7.55. The minimum Gasteiger partial charge on any atom is -0.381 e. The molecule has 0 radical (unpaired) electrons. The van der Waals surface area contributed by atoms with Crippen molar-refractivity contribution < 1.29 is 9.53 Å². The van der Waals surface area contributed by atoms with Gasteiger partial charge < -0.3 is 10.1 Å². The van der Waals surface area contributed by atoms with Crippen LogP contribution in [0.3, 0.4) is 0 Å². The van der Waals surface area contributed by atoms with Gasteiger partial charge in [0.25, 0.3) is 0 Å². The van der Waals surface area contributed by atoms with Crippen LogP contribution >= 0.6 is 0 Å². The second-order valence-electron chi connectivity index (χ2n) is 6.68. The fourth-order valence-corrected chi connectivity index (χ4v) is 3.67. The lowest BCUT2D eigenvalue weighted by molar-refractivity contribution is -0.125. The fraction of sp³-hybridized carbons (Fsp3) is 0.933. The molecule has 18 heavy (non-hydrogen) atoms. The van der Waals surface area contributed by atoms with E-state index in [2.05, 4.69) is 5.32 Å². The number of nitrogens with one attached hydrogen (secondary N) is 1. The van der Waals surface area contributed by atoms with Crippen LogP contribution in [0.25, 0.3) is 0 Å². The lowest BCUT2D eigenvalue weighted by Gasteiger charge is -2.41. The van der Waals surface area contributed by atoms with Crippen molar-refractivity contribution in [3.05, 3.63) is 0 Å². The molecule has 3 aliphatic rings. The highest BCUT2D eigenvalue weighted by atomic mass is 16.5. The first-order chi connectivity index (χ1) is 8.70. The summed E-state index contributed by atoms with van der Waals surface area (Å²) in [5, 5.41) is 3.20. The van der Waals surface area contributed by atoms with Crippen LogP contribution in [0.15, 0.2) is 0 Å². The van der Waals surface area contributed by atoms with Crippen LogP contribution in [0.4, 0.5) is 0 Å². The Kier molecular flexibility index (Phi) is 3.13. The van der Waals surface area contributed by atoms with E-state index in [1.54, 1.807) is 0 Å². The van der Waals surface area contributed by atoms with Crippen LogP contribution in [-0.4, -0.2) is 25.7 Å². The second-order valence-corrected chi connectivity index (χ2v) is 6.68. The van der Waals surface area contributed by atoms with Gasteiger partial charge in [-0.1, -0.05) is 12.8 Å². The molecule has 0 aromatic carbocycles. The minimum absolute atomic E-state index is 0.257. The van der Waals surface area contributed by atoms with Gasteiger partial charge in [-0.15, -0.1) is 0 Å². The van der Waals surface area contributed by atoms with E-state index < -0.39 is 0 Å². The smallest absolute Gasteiger partial charge is 0.223 e. The molecule has 0 aromatic rings. The molecule has 0 aromatic heterocycles. The third kappa shape index (κ3) is 2.07. The highest BCUT2D eigenvalue weighted by molar-refractivity contribution is 5.82. The van der Waals surface area contributed by atoms with Crippen LogP contribution in [-0.2, 0) is 9.53 Å². The van der Waals surface area contributed by atoms with E-state index >= 15 is 0 Å².